The van der Waals surface area contributed by atoms with Gasteiger partial charge in [0.05, 0.1) is 6.54 Å². The number of aliphatic hydroxyl groups is 1. The van der Waals surface area contributed by atoms with Crippen molar-refractivity contribution >= 4 is 11.8 Å². The number of hydrogen-bond donors (Lipinski definition) is 2. The Morgan fingerprint density at radius 1 is 1.47 bits per heavy atom. The molecule has 5 heteroatoms. The van der Waals surface area contributed by atoms with Crippen molar-refractivity contribution in [2.24, 2.45) is 0 Å². The number of rotatable bonds is 6. The Balaban J connectivity index is 3.95. The van der Waals surface area contributed by atoms with Gasteiger partial charge in [-0.3, -0.25) is 9.59 Å². The van der Waals surface area contributed by atoms with Crippen LogP contribution in [0, 0.1) is 0 Å². The molecule has 0 aliphatic heterocycles. The zero-order valence-electron chi connectivity index (χ0n) is 9.62. The fourth-order valence-electron chi connectivity index (χ4n) is 1.13. The molecular formula is C10H20N2O3. The van der Waals surface area contributed by atoms with Crippen molar-refractivity contribution in [2.75, 3.05) is 20.2 Å². The number of hydrogen-bond acceptors (Lipinski definition) is 3. The molecule has 0 aliphatic rings. The van der Waals surface area contributed by atoms with Gasteiger partial charge in [-0.05, 0) is 12.8 Å². The largest absolute Gasteiger partial charge is 0.396 e. The molecule has 88 valence electrons. The molecular weight excluding hydrogens is 196 g/mol. The monoisotopic (exact) mass is 216 g/mol. The SMILES string of the molecule is CCC(CCO)NC(=O)CN(C)C(C)=O. The van der Waals surface area contributed by atoms with Gasteiger partial charge >= 0.3 is 0 Å². The quantitative estimate of drug-likeness (QED) is 0.643. The first kappa shape index (κ1) is 13.9. The molecule has 1 unspecified atom stereocenters. The predicted octanol–water partition coefficient (Wildman–Crippen LogP) is -0.258. The molecule has 1 atom stereocenters. The van der Waals surface area contributed by atoms with Crippen molar-refractivity contribution in [1.82, 2.24) is 10.2 Å². The van der Waals surface area contributed by atoms with Crippen molar-refractivity contribution in [1.29, 1.82) is 0 Å². The summed E-state index contributed by atoms with van der Waals surface area (Å²) in [5.74, 6) is -0.326. The van der Waals surface area contributed by atoms with Crippen molar-refractivity contribution in [3.8, 4) is 0 Å². The van der Waals surface area contributed by atoms with Gasteiger partial charge in [-0.1, -0.05) is 6.92 Å². The lowest BCUT2D eigenvalue weighted by molar-refractivity contribution is -0.133. The molecule has 0 bridgehead atoms. The topological polar surface area (TPSA) is 69.6 Å². The maximum atomic E-state index is 11.4. The summed E-state index contributed by atoms with van der Waals surface area (Å²) >= 11 is 0. The van der Waals surface area contributed by atoms with Gasteiger partial charge in [0.25, 0.3) is 0 Å². The molecule has 15 heavy (non-hydrogen) atoms. The zero-order valence-corrected chi connectivity index (χ0v) is 9.62. The van der Waals surface area contributed by atoms with E-state index in [2.05, 4.69) is 5.32 Å². The molecule has 0 aromatic heterocycles. The van der Waals surface area contributed by atoms with Crippen LogP contribution in [0.2, 0.25) is 0 Å². The van der Waals surface area contributed by atoms with Gasteiger partial charge in [-0.25, -0.2) is 0 Å². The summed E-state index contributed by atoms with van der Waals surface area (Å²) in [5, 5.41) is 11.5. The molecule has 0 aliphatic carbocycles. The summed E-state index contributed by atoms with van der Waals surface area (Å²) in [5.41, 5.74) is 0. The number of nitrogens with zero attached hydrogens (tertiary/aromatic N) is 1. The maximum Gasteiger partial charge on any atom is 0.239 e. The Kier molecular flexibility index (Phi) is 6.70. The highest BCUT2D eigenvalue weighted by atomic mass is 16.3. The normalized spacial score (nSPS) is 12.0. The molecule has 2 amide bonds. The molecule has 0 fully saturated rings. The average molecular weight is 216 g/mol. The second-order valence-corrected chi connectivity index (χ2v) is 3.56. The number of carbonyl (C=O) groups excluding carboxylic acids is 2. The van der Waals surface area contributed by atoms with Crippen LogP contribution in [-0.2, 0) is 9.59 Å². The van der Waals surface area contributed by atoms with E-state index in [1.165, 1.54) is 11.8 Å². The highest BCUT2D eigenvalue weighted by Crippen LogP contribution is 1.96. The minimum absolute atomic E-state index is 0.0112. The third-order valence-corrected chi connectivity index (χ3v) is 2.25. The highest BCUT2D eigenvalue weighted by Gasteiger charge is 2.12. The minimum atomic E-state index is -0.187. The van der Waals surface area contributed by atoms with E-state index in [1.54, 1.807) is 7.05 Å². The van der Waals surface area contributed by atoms with E-state index in [4.69, 9.17) is 5.11 Å². The van der Waals surface area contributed by atoms with Crippen molar-refractivity contribution in [3.63, 3.8) is 0 Å². The Bertz CT molecular complexity index is 219. The third kappa shape index (κ3) is 6.06. The summed E-state index contributed by atoms with van der Waals surface area (Å²) < 4.78 is 0. The molecule has 5 nitrogen and oxygen atoms in total. The van der Waals surface area contributed by atoms with E-state index in [0.29, 0.717) is 6.42 Å². The average Bonchev–Trinajstić information content (AvgIpc) is 2.16. The number of nitrogens with one attached hydrogen (secondary N) is 1. The Morgan fingerprint density at radius 2 is 2.07 bits per heavy atom. The van der Waals surface area contributed by atoms with Crippen molar-refractivity contribution in [3.05, 3.63) is 0 Å². The first-order chi connectivity index (χ1) is 7.01. The molecule has 0 heterocycles. The highest BCUT2D eigenvalue weighted by molar-refractivity contribution is 5.83. The first-order valence-corrected chi connectivity index (χ1v) is 5.13. The number of carbonyl (C=O) groups is 2. The van der Waals surface area contributed by atoms with Gasteiger partial charge in [0.2, 0.25) is 11.8 Å². The maximum absolute atomic E-state index is 11.4. The molecule has 2 N–H and O–H groups in total. The van der Waals surface area contributed by atoms with E-state index in [9.17, 15) is 9.59 Å². The van der Waals surface area contributed by atoms with Gasteiger partial charge in [-0.15, -0.1) is 0 Å². The van der Waals surface area contributed by atoms with E-state index >= 15 is 0 Å². The Labute approximate surface area is 90.5 Å². The lowest BCUT2D eigenvalue weighted by atomic mass is 10.1. The smallest absolute Gasteiger partial charge is 0.239 e. The number of amides is 2. The van der Waals surface area contributed by atoms with E-state index in [0.717, 1.165) is 6.42 Å². The second kappa shape index (κ2) is 7.23. The van der Waals surface area contributed by atoms with Gasteiger partial charge in [-0.2, -0.15) is 0 Å². The first-order valence-electron chi connectivity index (χ1n) is 5.13. The molecule has 0 saturated heterocycles. The molecule has 0 aromatic rings. The van der Waals surface area contributed by atoms with E-state index in [-0.39, 0.29) is 31.0 Å². The van der Waals surface area contributed by atoms with Crippen LogP contribution in [0.4, 0.5) is 0 Å². The van der Waals surface area contributed by atoms with Crippen LogP contribution < -0.4 is 5.32 Å². The molecule has 0 saturated carbocycles. The van der Waals surface area contributed by atoms with Crippen LogP contribution in [-0.4, -0.2) is 48.1 Å². The lowest BCUT2D eigenvalue weighted by Gasteiger charge is -2.19. The predicted molar refractivity (Wildman–Crippen MR) is 57.2 cm³/mol. The molecule has 0 spiro atoms. The minimum Gasteiger partial charge on any atom is -0.396 e. The van der Waals surface area contributed by atoms with Gasteiger partial charge < -0.3 is 15.3 Å². The van der Waals surface area contributed by atoms with E-state index < -0.39 is 0 Å². The Hall–Kier alpha value is -1.10. The van der Waals surface area contributed by atoms with Crippen molar-refractivity contribution in [2.45, 2.75) is 32.7 Å². The molecule has 0 aromatic carbocycles. The van der Waals surface area contributed by atoms with Crippen LogP contribution >= 0.6 is 0 Å². The van der Waals surface area contributed by atoms with Gasteiger partial charge in [0.15, 0.2) is 0 Å². The second-order valence-electron chi connectivity index (χ2n) is 3.56. The summed E-state index contributed by atoms with van der Waals surface area (Å²) in [7, 11) is 1.58. The van der Waals surface area contributed by atoms with E-state index in [1.807, 2.05) is 6.92 Å². The summed E-state index contributed by atoms with van der Waals surface area (Å²) in [6, 6.07) is -0.0112. The standard InChI is InChI=1S/C10H20N2O3/c1-4-9(5-6-13)11-10(15)7-12(3)8(2)14/h9,13H,4-7H2,1-3H3,(H,11,15). The van der Waals surface area contributed by atoms with Crippen LogP contribution in [0.3, 0.4) is 0 Å². The summed E-state index contributed by atoms with van der Waals surface area (Å²) in [4.78, 5) is 23.6. The van der Waals surface area contributed by atoms with Crippen LogP contribution in [0.5, 0.6) is 0 Å². The fraction of sp³-hybridized carbons (Fsp3) is 0.800. The van der Waals surface area contributed by atoms with Crippen LogP contribution in [0.25, 0.3) is 0 Å². The summed E-state index contributed by atoms with van der Waals surface area (Å²) in [6.07, 6.45) is 1.32. The summed E-state index contributed by atoms with van der Waals surface area (Å²) in [6.45, 7) is 3.48. The fourth-order valence-corrected chi connectivity index (χ4v) is 1.13. The zero-order chi connectivity index (χ0) is 11.8. The van der Waals surface area contributed by atoms with Crippen LogP contribution in [0.1, 0.15) is 26.7 Å². The molecule has 0 radical (unpaired) electrons. The van der Waals surface area contributed by atoms with Gasteiger partial charge in [0.1, 0.15) is 0 Å². The Morgan fingerprint density at radius 3 is 2.47 bits per heavy atom. The lowest BCUT2D eigenvalue weighted by Crippen LogP contribution is -2.42. The number of likely N-dealkylation sites (N-methyl/N-ethyl adjacent to an activating group) is 1. The third-order valence-electron chi connectivity index (χ3n) is 2.25. The van der Waals surface area contributed by atoms with Crippen LogP contribution in [0.15, 0.2) is 0 Å². The molecule has 0 rings (SSSR count). The van der Waals surface area contributed by atoms with Crippen molar-refractivity contribution < 1.29 is 14.7 Å². The van der Waals surface area contributed by atoms with Gasteiger partial charge in [0, 0.05) is 26.6 Å². The number of aliphatic hydroxyl groups excluding tert-OH is 1.